The van der Waals surface area contributed by atoms with Gasteiger partial charge in [-0.05, 0) is 55.0 Å². The van der Waals surface area contributed by atoms with Crippen molar-refractivity contribution in [1.29, 1.82) is 0 Å². The number of carbonyl (C=O) groups excluding carboxylic acids is 2. The first kappa shape index (κ1) is 18.5. The van der Waals surface area contributed by atoms with Gasteiger partial charge in [0.2, 0.25) is 0 Å². The zero-order valence-electron chi connectivity index (χ0n) is 14.3. The molecule has 136 valence electrons. The van der Waals surface area contributed by atoms with Crippen molar-refractivity contribution < 1.29 is 14.0 Å². The average Bonchev–Trinajstić information content (AvgIpc) is 2.66. The molecule has 5 nitrogen and oxygen atoms in total. The average molecular weight is 384 g/mol. The Labute approximate surface area is 160 Å². The van der Waals surface area contributed by atoms with Crippen molar-refractivity contribution in [3.8, 4) is 0 Å². The lowest BCUT2D eigenvalue weighted by atomic mass is 10.1. The zero-order chi connectivity index (χ0) is 19.4. The number of nitrogens with zero attached hydrogens (tertiary/aromatic N) is 1. The Morgan fingerprint density at radius 2 is 1.44 bits per heavy atom. The third kappa shape index (κ3) is 4.68. The predicted octanol–water partition coefficient (Wildman–Crippen LogP) is 4.69. The van der Waals surface area contributed by atoms with Crippen LogP contribution in [0.15, 0.2) is 60.9 Å². The molecule has 3 aromatic rings. The van der Waals surface area contributed by atoms with Crippen LogP contribution in [0, 0.1) is 12.7 Å². The van der Waals surface area contributed by atoms with Gasteiger partial charge in [-0.1, -0.05) is 17.7 Å². The number of carbonyl (C=O) groups is 2. The number of benzene rings is 2. The number of anilines is 2. The number of amides is 2. The predicted molar refractivity (Wildman–Crippen MR) is 103 cm³/mol. The highest BCUT2D eigenvalue weighted by molar-refractivity contribution is 6.31. The van der Waals surface area contributed by atoms with Crippen LogP contribution >= 0.6 is 11.6 Å². The van der Waals surface area contributed by atoms with Gasteiger partial charge >= 0.3 is 0 Å². The standard InChI is InChI=1S/C20H15ClFN3O2/c1-12-2-5-17(9-18(12)21)25-20(27)14-8-13(10-23-11-14)19(26)24-16-6-3-15(22)4-7-16/h2-11H,1H3,(H,24,26)(H,25,27). The van der Waals surface area contributed by atoms with Crippen molar-refractivity contribution >= 4 is 34.8 Å². The Balaban J connectivity index is 1.73. The maximum absolute atomic E-state index is 12.9. The number of hydrogen-bond acceptors (Lipinski definition) is 3. The molecule has 2 aromatic carbocycles. The van der Waals surface area contributed by atoms with Gasteiger partial charge in [0.15, 0.2) is 0 Å². The van der Waals surface area contributed by atoms with E-state index in [2.05, 4.69) is 15.6 Å². The summed E-state index contributed by atoms with van der Waals surface area (Å²) in [5, 5.41) is 5.87. The second kappa shape index (κ2) is 7.97. The molecule has 0 fully saturated rings. The van der Waals surface area contributed by atoms with Gasteiger partial charge in [-0.25, -0.2) is 4.39 Å². The minimum atomic E-state index is -0.456. The van der Waals surface area contributed by atoms with E-state index in [9.17, 15) is 14.0 Å². The Morgan fingerprint density at radius 3 is 2.04 bits per heavy atom. The van der Waals surface area contributed by atoms with E-state index in [1.165, 1.54) is 42.7 Å². The summed E-state index contributed by atoms with van der Waals surface area (Å²) < 4.78 is 12.9. The van der Waals surface area contributed by atoms with Gasteiger partial charge in [0.05, 0.1) is 11.1 Å². The molecule has 0 aliphatic carbocycles. The maximum Gasteiger partial charge on any atom is 0.257 e. The van der Waals surface area contributed by atoms with Gasteiger partial charge in [-0.15, -0.1) is 0 Å². The van der Waals surface area contributed by atoms with Crippen molar-refractivity contribution in [2.75, 3.05) is 10.6 Å². The number of aryl methyl sites for hydroxylation is 1. The molecule has 0 atom stereocenters. The van der Waals surface area contributed by atoms with Gasteiger partial charge in [0.1, 0.15) is 5.82 Å². The summed E-state index contributed by atoms with van der Waals surface area (Å²) in [7, 11) is 0. The summed E-state index contributed by atoms with van der Waals surface area (Å²) in [6.07, 6.45) is 2.71. The molecule has 0 unspecified atom stereocenters. The Hall–Kier alpha value is -3.25. The van der Waals surface area contributed by atoms with Crippen molar-refractivity contribution in [2.45, 2.75) is 6.92 Å². The Morgan fingerprint density at radius 1 is 0.889 bits per heavy atom. The van der Waals surface area contributed by atoms with Crippen LogP contribution in [0.3, 0.4) is 0 Å². The summed E-state index contributed by atoms with van der Waals surface area (Å²) >= 11 is 6.06. The van der Waals surface area contributed by atoms with Crippen molar-refractivity contribution in [3.63, 3.8) is 0 Å². The highest BCUT2D eigenvalue weighted by Crippen LogP contribution is 2.20. The second-order valence-electron chi connectivity index (χ2n) is 5.84. The van der Waals surface area contributed by atoms with E-state index < -0.39 is 17.6 Å². The lowest BCUT2D eigenvalue weighted by molar-refractivity contribution is 0.102. The van der Waals surface area contributed by atoms with Gasteiger partial charge in [0.25, 0.3) is 11.8 Å². The highest BCUT2D eigenvalue weighted by Gasteiger charge is 2.12. The highest BCUT2D eigenvalue weighted by atomic mass is 35.5. The molecule has 0 aliphatic rings. The third-order valence-electron chi connectivity index (χ3n) is 3.79. The number of hydrogen-bond donors (Lipinski definition) is 2. The maximum atomic E-state index is 12.9. The summed E-state index contributed by atoms with van der Waals surface area (Å²) in [5.41, 5.74) is 2.30. The van der Waals surface area contributed by atoms with Gasteiger partial charge in [-0.3, -0.25) is 14.6 Å². The molecule has 0 aliphatic heterocycles. The van der Waals surface area contributed by atoms with E-state index in [4.69, 9.17) is 11.6 Å². The Bertz CT molecular complexity index is 1010. The van der Waals surface area contributed by atoms with E-state index >= 15 is 0 Å². The van der Waals surface area contributed by atoms with Crippen LogP contribution in [0.4, 0.5) is 15.8 Å². The lowest BCUT2D eigenvalue weighted by Crippen LogP contribution is -2.16. The van der Waals surface area contributed by atoms with E-state index in [-0.39, 0.29) is 11.1 Å². The van der Waals surface area contributed by atoms with Crippen LogP contribution in [-0.4, -0.2) is 16.8 Å². The fourth-order valence-corrected chi connectivity index (χ4v) is 2.48. The first-order valence-corrected chi connectivity index (χ1v) is 8.39. The number of halogens is 2. The quantitative estimate of drug-likeness (QED) is 0.686. The topological polar surface area (TPSA) is 71.1 Å². The lowest BCUT2D eigenvalue weighted by Gasteiger charge is -2.08. The SMILES string of the molecule is Cc1ccc(NC(=O)c2cncc(C(=O)Nc3ccc(F)cc3)c2)cc1Cl. The second-order valence-corrected chi connectivity index (χ2v) is 6.25. The molecule has 27 heavy (non-hydrogen) atoms. The molecule has 1 heterocycles. The number of nitrogens with one attached hydrogen (secondary N) is 2. The number of pyridine rings is 1. The molecule has 3 rings (SSSR count). The molecule has 0 bridgehead atoms. The zero-order valence-corrected chi connectivity index (χ0v) is 15.0. The van der Waals surface area contributed by atoms with Gasteiger partial charge in [-0.2, -0.15) is 0 Å². The number of rotatable bonds is 4. The van der Waals surface area contributed by atoms with E-state index in [0.717, 1.165) is 5.56 Å². The van der Waals surface area contributed by atoms with Crippen LogP contribution in [0.1, 0.15) is 26.3 Å². The number of aromatic nitrogens is 1. The fraction of sp³-hybridized carbons (Fsp3) is 0.0500. The van der Waals surface area contributed by atoms with Crippen LogP contribution in [0.5, 0.6) is 0 Å². The minimum absolute atomic E-state index is 0.203. The molecule has 2 amide bonds. The van der Waals surface area contributed by atoms with Gasteiger partial charge in [0, 0.05) is 28.8 Å². The van der Waals surface area contributed by atoms with Crippen molar-refractivity contribution in [3.05, 3.63) is 88.5 Å². The molecular formula is C20H15ClFN3O2. The molecule has 0 spiro atoms. The molecule has 1 aromatic heterocycles. The van der Waals surface area contributed by atoms with Crippen molar-refractivity contribution in [1.82, 2.24) is 4.98 Å². The summed E-state index contributed by atoms with van der Waals surface area (Å²) in [5.74, 6) is -1.27. The fourth-order valence-electron chi connectivity index (χ4n) is 2.30. The van der Waals surface area contributed by atoms with E-state index in [0.29, 0.717) is 16.4 Å². The van der Waals surface area contributed by atoms with Crippen LogP contribution in [-0.2, 0) is 0 Å². The minimum Gasteiger partial charge on any atom is -0.322 e. The first-order chi connectivity index (χ1) is 12.9. The molecule has 7 heteroatoms. The van der Waals surface area contributed by atoms with Crippen LogP contribution < -0.4 is 10.6 Å². The largest absolute Gasteiger partial charge is 0.322 e. The molecule has 0 saturated carbocycles. The van der Waals surface area contributed by atoms with Crippen LogP contribution in [0.25, 0.3) is 0 Å². The summed E-state index contributed by atoms with van der Waals surface area (Å²) in [4.78, 5) is 28.7. The molecule has 0 radical (unpaired) electrons. The summed E-state index contributed by atoms with van der Waals surface area (Å²) in [6.45, 7) is 1.86. The molecular weight excluding hydrogens is 369 g/mol. The molecule has 2 N–H and O–H groups in total. The third-order valence-corrected chi connectivity index (χ3v) is 4.20. The van der Waals surface area contributed by atoms with Gasteiger partial charge < -0.3 is 10.6 Å². The first-order valence-electron chi connectivity index (χ1n) is 8.02. The normalized spacial score (nSPS) is 10.3. The van der Waals surface area contributed by atoms with E-state index in [1.54, 1.807) is 18.2 Å². The van der Waals surface area contributed by atoms with Crippen LogP contribution in [0.2, 0.25) is 5.02 Å². The summed E-state index contributed by atoms with van der Waals surface area (Å²) in [6, 6.07) is 12.0. The Kier molecular flexibility index (Phi) is 5.47. The molecule has 0 saturated heterocycles. The van der Waals surface area contributed by atoms with E-state index in [1.807, 2.05) is 6.92 Å². The monoisotopic (exact) mass is 383 g/mol. The smallest absolute Gasteiger partial charge is 0.257 e. The van der Waals surface area contributed by atoms with Crippen molar-refractivity contribution in [2.24, 2.45) is 0 Å².